The molecule has 0 spiro atoms. The maximum atomic E-state index is 13.2. The van der Waals surface area contributed by atoms with Crippen LogP contribution in [0.25, 0.3) is 11.3 Å². The van der Waals surface area contributed by atoms with Gasteiger partial charge in [-0.3, -0.25) is 9.59 Å². The first-order valence-electron chi connectivity index (χ1n) is 9.31. The summed E-state index contributed by atoms with van der Waals surface area (Å²) in [5, 5.41) is 6.56. The van der Waals surface area contributed by atoms with Crippen LogP contribution < -0.4 is 5.32 Å². The van der Waals surface area contributed by atoms with Crippen LogP contribution in [-0.2, 0) is 11.3 Å². The largest absolute Gasteiger partial charge is 0.360 e. The van der Waals surface area contributed by atoms with Crippen LogP contribution in [-0.4, -0.2) is 35.0 Å². The van der Waals surface area contributed by atoms with E-state index in [9.17, 15) is 14.0 Å². The molecule has 2 aromatic carbocycles. The number of benzene rings is 2. The number of carbonyl (C=O) groups is 2. The number of nitrogens with one attached hydrogen (secondary N) is 1. The highest BCUT2D eigenvalue weighted by Gasteiger charge is 2.23. The SMILES string of the molecule is CCN(Cc1ccccc1)C(=O)CNC(=O)c1c(-c2ccc(F)cc2)noc1C. The highest BCUT2D eigenvalue weighted by Crippen LogP contribution is 2.25. The molecule has 0 aliphatic rings. The summed E-state index contributed by atoms with van der Waals surface area (Å²) in [7, 11) is 0. The number of carbonyl (C=O) groups excluding carboxylic acids is 2. The zero-order valence-electron chi connectivity index (χ0n) is 16.3. The van der Waals surface area contributed by atoms with Crippen molar-refractivity contribution in [1.82, 2.24) is 15.4 Å². The van der Waals surface area contributed by atoms with Crippen LogP contribution in [0.2, 0.25) is 0 Å². The Hall–Kier alpha value is -3.48. The Bertz CT molecular complexity index is 984. The fourth-order valence-electron chi connectivity index (χ4n) is 2.98. The number of halogens is 1. The van der Waals surface area contributed by atoms with Crippen molar-refractivity contribution >= 4 is 11.8 Å². The predicted octanol–water partition coefficient (Wildman–Crippen LogP) is 3.57. The van der Waals surface area contributed by atoms with Crippen molar-refractivity contribution in [2.24, 2.45) is 0 Å². The average Bonchev–Trinajstić information content (AvgIpc) is 3.12. The quantitative estimate of drug-likeness (QED) is 0.664. The summed E-state index contributed by atoms with van der Waals surface area (Å²) in [6.45, 7) is 4.35. The first kappa shape index (κ1) is 20.3. The Balaban J connectivity index is 1.68. The van der Waals surface area contributed by atoms with E-state index < -0.39 is 5.91 Å². The normalized spacial score (nSPS) is 10.6. The van der Waals surface area contributed by atoms with E-state index in [1.54, 1.807) is 11.8 Å². The first-order chi connectivity index (χ1) is 14.0. The smallest absolute Gasteiger partial charge is 0.257 e. The molecule has 0 bridgehead atoms. The van der Waals surface area contributed by atoms with Crippen molar-refractivity contribution in [3.8, 4) is 11.3 Å². The van der Waals surface area contributed by atoms with Gasteiger partial charge in [0.25, 0.3) is 5.91 Å². The monoisotopic (exact) mass is 395 g/mol. The molecule has 1 heterocycles. The number of rotatable bonds is 7. The number of aromatic nitrogens is 1. The van der Waals surface area contributed by atoms with Crippen molar-refractivity contribution in [2.45, 2.75) is 20.4 Å². The molecule has 3 aromatic rings. The van der Waals surface area contributed by atoms with Gasteiger partial charge < -0.3 is 14.7 Å². The molecule has 0 fully saturated rings. The third-order valence-electron chi connectivity index (χ3n) is 4.56. The molecule has 29 heavy (non-hydrogen) atoms. The van der Waals surface area contributed by atoms with Crippen molar-refractivity contribution in [1.29, 1.82) is 0 Å². The Morgan fingerprint density at radius 1 is 1.10 bits per heavy atom. The van der Waals surface area contributed by atoms with E-state index in [2.05, 4.69) is 10.5 Å². The fourth-order valence-corrected chi connectivity index (χ4v) is 2.98. The number of amides is 2. The minimum absolute atomic E-state index is 0.146. The minimum atomic E-state index is -0.466. The molecular formula is C22H22FN3O3. The molecule has 3 rings (SSSR count). The van der Waals surface area contributed by atoms with Gasteiger partial charge >= 0.3 is 0 Å². The van der Waals surface area contributed by atoms with Crippen molar-refractivity contribution in [3.63, 3.8) is 0 Å². The van der Waals surface area contributed by atoms with Gasteiger partial charge in [0, 0.05) is 18.7 Å². The van der Waals surface area contributed by atoms with Crippen molar-refractivity contribution in [3.05, 3.63) is 77.3 Å². The lowest BCUT2D eigenvalue weighted by Gasteiger charge is -2.21. The van der Waals surface area contributed by atoms with Crippen LogP contribution >= 0.6 is 0 Å². The summed E-state index contributed by atoms with van der Waals surface area (Å²) in [6, 6.07) is 15.3. The van der Waals surface area contributed by atoms with Gasteiger partial charge in [0.2, 0.25) is 5.91 Å². The number of nitrogens with zero attached hydrogens (tertiary/aromatic N) is 2. The first-order valence-corrected chi connectivity index (χ1v) is 9.31. The van der Waals surface area contributed by atoms with Gasteiger partial charge in [-0.15, -0.1) is 0 Å². The molecule has 0 radical (unpaired) electrons. The average molecular weight is 395 g/mol. The van der Waals surface area contributed by atoms with Gasteiger partial charge in [0.1, 0.15) is 22.8 Å². The van der Waals surface area contributed by atoms with Crippen molar-refractivity contribution in [2.75, 3.05) is 13.1 Å². The topological polar surface area (TPSA) is 75.4 Å². The Kier molecular flexibility index (Phi) is 6.39. The van der Waals surface area contributed by atoms with Crippen LogP contribution in [0.15, 0.2) is 59.1 Å². The van der Waals surface area contributed by atoms with E-state index in [-0.39, 0.29) is 23.8 Å². The van der Waals surface area contributed by atoms with Crippen LogP contribution in [0.4, 0.5) is 4.39 Å². The summed E-state index contributed by atoms with van der Waals surface area (Å²) in [4.78, 5) is 26.9. The molecule has 0 saturated heterocycles. The fraction of sp³-hybridized carbons (Fsp3) is 0.227. The second-order valence-electron chi connectivity index (χ2n) is 6.55. The Labute approximate surface area is 168 Å². The second-order valence-corrected chi connectivity index (χ2v) is 6.55. The molecule has 0 saturated carbocycles. The minimum Gasteiger partial charge on any atom is -0.360 e. The van der Waals surface area contributed by atoms with E-state index >= 15 is 0 Å². The lowest BCUT2D eigenvalue weighted by atomic mass is 10.1. The van der Waals surface area contributed by atoms with Gasteiger partial charge in [0.05, 0.1) is 6.54 Å². The van der Waals surface area contributed by atoms with E-state index in [1.807, 2.05) is 37.3 Å². The molecule has 0 aliphatic carbocycles. The summed E-state index contributed by atoms with van der Waals surface area (Å²) < 4.78 is 18.3. The number of hydrogen-bond donors (Lipinski definition) is 1. The third kappa shape index (κ3) is 4.87. The Morgan fingerprint density at radius 3 is 2.45 bits per heavy atom. The highest BCUT2D eigenvalue weighted by molar-refractivity contribution is 6.02. The van der Waals surface area contributed by atoms with Crippen LogP contribution in [0.1, 0.15) is 28.6 Å². The standard InChI is InChI=1S/C22H22FN3O3/c1-3-26(14-16-7-5-4-6-8-16)19(27)13-24-22(28)20-15(2)29-25-21(20)17-9-11-18(23)12-10-17/h4-12H,3,13-14H2,1-2H3,(H,24,28). The zero-order valence-corrected chi connectivity index (χ0v) is 16.3. The van der Waals surface area contributed by atoms with E-state index in [4.69, 9.17) is 4.52 Å². The van der Waals surface area contributed by atoms with Gasteiger partial charge in [-0.1, -0.05) is 35.5 Å². The maximum absolute atomic E-state index is 13.2. The van der Waals surface area contributed by atoms with Gasteiger partial charge in [-0.2, -0.15) is 0 Å². The van der Waals surface area contributed by atoms with Crippen LogP contribution in [0, 0.1) is 12.7 Å². The summed E-state index contributed by atoms with van der Waals surface area (Å²) >= 11 is 0. The maximum Gasteiger partial charge on any atom is 0.257 e. The summed E-state index contributed by atoms with van der Waals surface area (Å²) in [5.41, 5.74) is 2.11. The predicted molar refractivity (Wildman–Crippen MR) is 107 cm³/mol. The van der Waals surface area contributed by atoms with Crippen molar-refractivity contribution < 1.29 is 18.5 Å². The molecule has 150 valence electrons. The third-order valence-corrected chi connectivity index (χ3v) is 4.56. The summed E-state index contributed by atoms with van der Waals surface area (Å²) in [6.07, 6.45) is 0. The van der Waals surface area contributed by atoms with Crippen LogP contribution in [0.5, 0.6) is 0 Å². The van der Waals surface area contributed by atoms with Gasteiger partial charge in [-0.25, -0.2) is 4.39 Å². The molecule has 2 amide bonds. The van der Waals surface area contributed by atoms with Gasteiger partial charge in [0.15, 0.2) is 0 Å². The number of hydrogen-bond acceptors (Lipinski definition) is 4. The molecule has 0 atom stereocenters. The molecular weight excluding hydrogens is 373 g/mol. The Morgan fingerprint density at radius 2 is 1.79 bits per heavy atom. The number of likely N-dealkylation sites (N-methyl/N-ethyl adjacent to an activating group) is 1. The molecule has 0 aliphatic heterocycles. The van der Waals surface area contributed by atoms with E-state index in [0.717, 1.165) is 5.56 Å². The number of aryl methyl sites for hydroxylation is 1. The molecule has 0 unspecified atom stereocenters. The molecule has 7 heteroatoms. The molecule has 1 N–H and O–H groups in total. The van der Waals surface area contributed by atoms with Gasteiger partial charge in [-0.05, 0) is 43.7 Å². The van der Waals surface area contributed by atoms with E-state index in [1.165, 1.54) is 24.3 Å². The highest BCUT2D eigenvalue weighted by atomic mass is 19.1. The second kappa shape index (κ2) is 9.14. The van der Waals surface area contributed by atoms with E-state index in [0.29, 0.717) is 30.1 Å². The summed E-state index contributed by atoms with van der Waals surface area (Å²) in [5.74, 6) is -0.719. The zero-order chi connectivity index (χ0) is 20.8. The lowest BCUT2D eigenvalue weighted by Crippen LogP contribution is -2.39. The van der Waals surface area contributed by atoms with Crippen LogP contribution in [0.3, 0.4) is 0 Å². The lowest BCUT2D eigenvalue weighted by molar-refractivity contribution is -0.130. The molecule has 6 nitrogen and oxygen atoms in total. The molecule has 1 aromatic heterocycles.